The molecule has 6 nitrogen and oxygen atoms in total. The number of allylic oxidation sites excluding steroid dienone is 2. The van der Waals surface area contributed by atoms with Crippen LogP contribution in [0, 0.1) is 23.7 Å². The van der Waals surface area contributed by atoms with Crippen molar-refractivity contribution >= 4 is 29.6 Å². The summed E-state index contributed by atoms with van der Waals surface area (Å²) < 4.78 is 11.3. The summed E-state index contributed by atoms with van der Waals surface area (Å²) in [5.41, 5.74) is 1.57. The fraction of sp³-hybridized carbons (Fsp3) is 0.292. The predicted molar refractivity (Wildman–Crippen MR) is 116 cm³/mol. The van der Waals surface area contributed by atoms with Crippen LogP contribution in [0.5, 0.6) is 11.5 Å². The van der Waals surface area contributed by atoms with Gasteiger partial charge in [-0.3, -0.25) is 9.59 Å². The molecular formula is C24H21ClN2O4. The number of imide groups is 1. The smallest absolute Gasteiger partial charge is 0.254 e. The van der Waals surface area contributed by atoms with E-state index in [2.05, 4.69) is 17.3 Å². The van der Waals surface area contributed by atoms with E-state index in [-0.39, 0.29) is 35.5 Å². The van der Waals surface area contributed by atoms with E-state index < -0.39 is 0 Å². The van der Waals surface area contributed by atoms with Crippen LogP contribution >= 0.6 is 11.6 Å². The van der Waals surface area contributed by atoms with Gasteiger partial charge in [0, 0.05) is 10.6 Å². The number of amides is 2. The minimum Gasteiger partial charge on any atom is -0.493 e. The molecular weight excluding hydrogens is 416 g/mol. The number of rotatable bonds is 6. The molecule has 2 aromatic rings. The van der Waals surface area contributed by atoms with Crippen LogP contribution in [-0.4, -0.2) is 30.1 Å². The van der Waals surface area contributed by atoms with Crippen LogP contribution < -0.4 is 9.47 Å². The van der Waals surface area contributed by atoms with Gasteiger partial charge in [-0.1, -0.05) is 42.0 Å². The van der Waals surface area contributed by atoms with Crippen molar-refractivity contribution in [3.63, 3.8) is 0 Å². The van der Waals surface area contributed by atoms with Gasteiger partial charge in [0.15, 0.2) is 11.5 Å². The number of carbonyl (C=O) groups is 2. The highest BCUT2D eigenvalue weighted by atomic mass is 35.5. The SMILES string of the molecule is COc1cc(C=NN2C(=O)[C@@H]3[C@H](C2=O)[C@H]2C=C[C@H]3C2)ccc1OCc1ccccc1Cl. The Kier molecular flexibility index (Phi) is 5.02. The molecule has 0 radical (unpaired) electrons. The van der Waals surface area contributed by atoms with E-state index in [0.717, 1.165) is 17.0 Å². The number of carbonyl (C=O) groups excluding carboxylic acids is 2. The van der Waals surface area contributed by atoms with Crippen LogP contribution in [0.4, 0.5) is 0 Å². The van der Waals surface area contributed by atoms with E-state index in [4.69, 9.17) is 21.1 Å². The van der Waals surface area contributed by atoms with Crippen molar-refractivity contribution < 1.29 is 19.1 Å². The molecule has 1 saturated carbocycles. The first-order valence-corrected chi connectivity index (χ1v) is 10.6. The maximum atomic E-state index is 12.7. The number of ether oxygens (including phenoxy) is 2. The largest absolute Gasteiger partial charge is 0.493 e. The molecule has 2 amide bonds. The Hall–Kier alpha value is -3.12. The van der Waals surface area contributed by atoms with Gasteiger partial charge < -0.3 is 9.47 Å². The Balaban J connectivity index is 1.30. The summed E-state index contributed by atoms with van der Waals surface area (Å²) in [7, 11) is 1.55. The maximum Gasteiger partial charge on any atom is 0.254 e. The number of methoxy groups -OCH3 is 1. The summed E-state index contributed by atoms with van der Waals surface area (Å²) >= 11 is 6.18. The number of benzene rings is 2. The molecule has 1 saturated heterocycles. The van der Waals surface area contributed by atoms with Crippen molar-refractivity contribution in [3.8, 4) is 11.5 Å². The third-order valence-corrected chi connectivity index (χ3v) is 6.67. The number of hydrazone groups is 1. The summed E-state index contributed by atoms with van der Waals surface area (Å²) in [6.07, 6.45) is 6.54. The third kappa shape index (κ3) is 3.41. The molecule has 0 spiro atoms. The van der Waals surface area contributed by atoms with Crippen LogP contribution in [0.2, 0.25) is 5.02 Å². The second-order valence-corrected chi connectivity index (χ2v) is 8.43. The zero-order valence-corrected chi connectivity index (χ0v) is 17.7. The maximum absolute atomic E-state index is 12.7. The van der Waals surface area contributed by atoms with Gasteiger partial charge in [0.2, 0.25) is 0 Å². The molecule has 0 N–H and O–H groups in total. The molecule has 0 aromatic heterocycles. The quantitative estimate of drug-likeness (QED) is 0.389. The Morgan fingerprint density at radius 1 is 1.06 bits per heavy atom. The summed E-state index contributed by atoms with van der Waals surface area (Å²) in [4.78, 5) is 25.5. The van der Waals surface area contributed by atoms with Crippen LogP contribution in [-0.2, 0) is 16.2 Å². The van der Waals surface area contributed by atoms with Crippen LogP contribution in [0.1, 0.15) is 17.5 Å². The highest BCUT2D eigenvalue weighted by molar-refractivity contribution is 6.31. The monoisotopic (exact) mass is 436 g/mol. The van der Waals surface area contributed by atoms with Crippen molar-refractivity contribution in [2.24, 2.45) is 28.8 Å². The van der Waals surface area contributed by atoms with Gasteiger partial charge in [0.25, 0.3) is 11.8 Å². The molecule has 2 aliphatic carbocycles. The van der Waals surface area contributed by atoms with Gasteiger partial charge in [0.1, 0.15) is 6.61 Å². The molecule has 31 heavy (non-hydrogen) atoms. The molecule has 1 heterocycles. The van der Waals surface area contributed by atoms with Crippen molar-refractivity contribution in [2.75, 3.05) is 7.11 Å². The summed E-state index contributed by atoms with van der Waals surface area (Å²) in [5.74, 6) is 0.510. The first kappa shape index (κ1) is 19.8. The van der Waals surface area contributed by atoms with E-state index in [9.17, 15) is 9.59 Å². The van der Waals surface area contributed by atoms with Gasteiger partial charge in [0.05, 0.1) is 25.2 Å². The van der Waals surface area contributed by atoms with Crippen molar-refractivity contribution in [1.82, 2.24) is 5.01 Å². The lowest BCUT2D eigenvalue weighted by Gasteiger charge is -2.13. The van der Waals surface area contributed by atoms with Crippen molar-refractivity contribution in [3.05, 3.63) is 70.8 Å². The lowest BCUT2D eigenvalue weighted by atomic mass is 9.85. The molecule has 2 bridgehead atoms. The molecule has 2 fully saturated rings. The normalized spacial score (nSPS) is 26.2. The minimum absolute atomic E-state index is 0.168. The Labute approximate surface area is 185 Å². The number of nitrogens with zero attached hydrogens (tertiary/aromatic N) is 2. The van der Waals surface area contributed by atoms with Gasteiger partial charge in [-0.15, -0.1) is 0 Å². The molecule has 4 atom stereocenters. The standard InChI is InChI=1S/C24H21ClN2O4/c1-30-20-10-14(6-9-19(20)31-13-17-4-2-3-5-18(17)25)12-26-27-23(28)21-15-7-8-16(11-15)22(21)24(27)29/h2-10,12,15-16,21-22H,11,13H2,1H3/t15-,16-,21-,22+/m0/s1. The van der Waals surface area contributed by atoms with E-state index in [1.165, 1.54) is 6.21 Å². The molecule has 2 aromatic carbocycles. The summed E-state index contributed by atoms with van der Waals surface area (Å²) in [6, 6.07) is 12.8. The zero-order chi connectivity index (χ0) is 21.5. The molecule has 7 heteroatoms. The van der Waals surface area contributed by atoms with E-state index >= 15 is 0 Å². The number of fused-ring (bicyclic) bond motifs is 5. The fourth-order valence-electron chi connectivity index (χ4n) is 4.78. The minimum atomic E-state index is -0.255. The Morgan fingerprint density at radius 2 is 1.77 bits per heavy atom. The highest BCUT2D eigenvalue weighted by Gasteiger charge is 2.59. The van der Waals surface area contributed by atoms with E-state index in [1.54, 1.807) is 25.3 Å². The molecule has 158 valence electrons. The van der Waals surface area contributed by atoms with E-state index in [0.29, 0.717) is 28.7 Å². The lowest BCUT2D eigenvalue weighted by Crippen LogP contribution is -2.28. The van der Waals surface area contributed by atoms with Crippen molar-refractivity contribution in [2.45, 2.75) is 13.0 Å². The second-order valence-electron chi connectivity index (χ2n) is 8.02. The molecule has 1 aliphatic heterocycles. The Morgan fingerprint density at radius 3 is 2.45 bits per heavy atom. The van der Waals surface area contributed by atoms with Gasteiger partial charge >= 0.3 is 0 Å². The van der Waals surface area contributed by atoms with Crippen LogP contribution in [0.3, 0.4) is 0 Å². The lowest BCUT2D eigenvalue weighted by molar-refractivity contribution is -0.140. The first-order chi connectivity index (χ1) is 15.1. The number of halogens is 1. The number of hydrogen-bond acceptors (Lipinski definition) is 5. The second kappa shape index (κ2) is 7.85. The molecule has 0 unspecified atom stereocenters. The van der Waals surface area contributed by atoms with Crippen LogP contribution in [0.25, 0.3) is 0 Å². The zero-order valence-electron chi connectivity index (χ0n) is 16.9. The predicted octanol–water partition coefficient (Wildman–Crippen LogP) is 4.07. The topological polar surface area (TPSA) is 68.2 Å². The van der Waals surface area contributed by atoms with Crippen molar-refractivity contribution in [1.29, 1.82) is 0 Å². The summed E-state index contributed by atoms with van der Waals surface area (Å²) in [5, 5.41) is 5.89. The Bertz CT molecular complexity index is 1080. The average molecular weight is 437 g/mol. The van der Waals surface area contributed by atoms with Gasteiger partial charge in [-0.2, -0.15) is 10.1 Å². The third-order valence-electron chi connectivity index (χ3n) is 6.30. The van der Waals surface area contributed by atoms with E-state index in [1.807, 2.05) is 24.3 Å². The van der Waals surface area contributed by atoms with Gasteiger partial charge in [-0.05, 0) is 48.1 Å². The van der Waals surface area contributed by atoms with Gasteiger partial charge in [-0.25, -0.2) is 0 Å². The van der Waals surface area contributed by atoms with Crippen LogP contribution in [0.15, 0.2) is 59.7 Å². The fourth-order valence-corrected chi connectivity index (χ4v) is 4.97. The molecule has 5 rings (SSSR count). The molecule has 3 aliphatic rings. The highest BCUT2D eigenvalue weighted by Crippen LogP contribution is 2.52. The first-order valence-electron chi connectivity index (χ1n) is 10.2. The summed E-state index contributed by atoms with van der Waals surface area (Å²) in [6.45, 7) is 0.305. The number of hydrogen-bond donors (Lipinski definition) is 0. The average Bonchev–Trinajstić information content (AvgIpc) is 3.46.